The van der Waals surface area contributed by atoms with Crippen LogP contribution in [0.5, 0.6) is 0 Å². The number of carboxylic acids is 1. The zero-order chi connectivity index (χ0) is 23.0. The molecule has 31 heavy (non-hydrogen) atoms. The van der Waals surface area contributed by atoms with Crippen LogP contribution in [0.1, 0.15) is 59.8 Å². The molecule has 0 aliphatic heterocycles. The molecule has 2 N–H and O–H groups in total. The molecule has 4 rings (SSSR count). The van der Waals surface area contributed by atoms with E-state index in [-0.39, 0.29) is 24.5 Å². The van der Waals surface area contributed by atoms with Gasteiger partial charge in [0.25, 0.3) is 0 Å². The predicted molar refractivity (Wildman–Crippen MR) is 110 cm³/mol. The Labute approximate surface area is 181 Å². The highest BCUT2D eigenvalue weighted by Crippen LogP contribution is 2.71. The number of alkyl halides is 1. The first-order chi connectivity index (χ1) is 14.4. The summed E-state index contributed by atoms with van der Waals surface area (Å²) in [6, 6.07) is 0. The molecule has 0 aromatic carbocycles. The van der Waals surface area contributed by atoms with E-state index < -0.39 is 52.0 Å². The van der Waals surface area contributed by atoms with Crippen LogP contribution < -0.4 is 0 Å². The lowest BCUT2D eigenvalue weighted by atomic mass is 9.44. The van der Waals surface area contributed by atoms with Gasteiger partial charge in [0.15, 0.2) is 11.5 Å². The van der Waals surface area contributed by atoms with E-state index in [0.717, 1.165) is 0 Å². The fourth-order valence-electron chi connectivity index (χ4n) is 7.50. The van der Waals surface area contributed by atoms with Crippen LogP contribution in [-0.2, 0) is 19.1 Å². The van der Waals surface area contributed by atoms with Crippen LogP contribution in [0.25, 0.3) is 0 Å². The number of aliphatic hydroxyl groups excluding tert-OH is 1. The number of ketones is 1. The molecule has 5 unspecified atom stereocenters. The fourth-order valence-corrected chi connectivity index (χ4v) is 7.50. The Hall–Kier alpha value is -2.02. The summed E-state index contributed by atoms with van der Waals surface area (Å²) in [5.74, 6) is -3.58. The highest BCUT2D eigenvalue weighted by Gasteiger charge is 2.77. The minimum atomic E-state index is -2.04. The zero-order valence-electron chi connectivity index (χ0n) is 18.5. The molecular formula is C24H31FO6. The summed E-state index contributed by atoms with van der Waals surface area (Å²) in [5.41, 5.74) is -5.43. The van der Waals surface area contributed by atoms with Crippen molar-refractivity contribution in [3.8, 4) is 0 Å². The normalized spacial score (nSPS) is 48.3. The number of halogens is 1. The largest absolute Gasteiger partial charge is 0.478 e. The zero-order valence-corrected chi connectivity index (χ0v) is 18.5. The number of ether oxygens (including phenoxy) is 1. The smallest absolute Gasteiger partial charge is 0.349 e. The van der Waals surface area contributed by atoms with Gasteiger partial charge in [0.05, 0.1) is 6.10 Å². The molecule has 0 aromatic rings. The summed E-state index contributed by atoms with van der Waals surface area (Å²) >= 11 is 0. The van der Waals surface area contributed by atoms with Crippen molar-refractivity contribution in [3.63, 3.8) is 0 Å². The quantitative estimate of drug-likeness (QED) is 0.661. The Morgan fingerprint density at radius 2 is 1.97 bits per heavy atom. The standard InChI is InChI=1S/C24H31FO6/c1-5-19(28)31-24(20(29)30)13(2)10-17-16-7-6-14-11-15(26)8-9-21(14,3)23(16,25)18(27)12-22(17,24)4/h8-9,11,13,16-18,27H,5-7,10,12H2,1-4H3,(H,29,30)/t13-,16?,17?,18-,21?,22?,23?,24-/m0/s1. The lowest BCUT2D eigenvalue weighted by Crippen LogP contribution is -2.69. The number of carbonyl (C=O) groups excluding carboxylic acids is 2. The maximum atomic E-state index is 17.1. The number of aliphatic hydroxyl groups is 1. The monoisotopic (exact) mass is 434 g/mol. The highest BCUT2D eigenvalue weighted by molar-refractivity contribution is 6.01. The van der Waals surface area contributed by atoms with Crippen molar-refractivity contribution in [2.24, 2.45) is 28.6 Å². The molecule has 0 spiro atoms. The number of rotatable bonds is 3. The molecule has 0 heterocycles. The summed E-state index contributed by atoms with van der Waals surface area (Å²) in [6.07, 6.45) is 4.13. The first-order valence-corrected chi connectivity index (χ1v) is 11.1. The van der Waals surface area contributed by atoms with Crippen molar-refractivity contribution in [1.29, 1.82) is 0 Å². The van der Waals surface area contributed by atoms with E-state index >= 15 is 4.39 Å². The molecule has 0 aromatic heterocycles. The van der Waals surface area contributed by atoms with Crippen LogP contribution in [0.3, 0.4) is 0 Å². The minimum Gasteiger partial charge on any atom is -0.478 e. The Morgan fingerprint density at radius 1 is 1.29 bits per heavy atom. The van der Waals surface area contributed by atoms with Gasteiger partial charge in [-0.1, -0.05) is 32.4 Å². The summed E-state index contributed by atoms with van der Waals surface area (Å²) in [7, 11) is 0. The second kappa shape index (κ2) is 6.74. The lowest BCUT2D eigenvalue weighted by molar-refractivity contribution is -0.234. The predicted octanol–water partition coefficient (Wildman–Crippen LogP) is 3.38. The molecule has 0 bridgehead atoms. The van der Waals surface area contributed by atoms with E-state index in [0.29, 0.717) is 24.8 Å². The third-order valence-electron chi connectivity index (χ3n) is 9.06. The average molecular weight is 435 g/mol. The molecule has 4 aliphatic rings. The molecule has 0 amide bonds. The molecule has 8 atom stereocenters. The van der Waals surface area contributed by atoms with Gasteiger partial charge in [-0.3, -0.25) is 9.59 Å². The Kier molecular flexibility index (Phi) is 4.82. The van der Waals surface area contributed by atoms with Gasteiger partial charge >= 0.3 is 11.9 Å². The topological polar surface area (TPSA) is 101 Å². The Bertz CT molecular complexity index is 910. The number of carboxylic acid groups (broad SMARTS) is 1. The van der Waals surface area contributed by atoms with Crippen LogP contribution >= 0.6 is 0 Å². The van der Waals surface area contributed by atoms with Crippen molar-refractivity contribution in [1.82, 2.24) is 0 Å². The molecular weight excluding hydrogens is 403 g/mol. The molecule has 7 heteroatoms. The van der Waals surface area contributed by atoms with Crippen molar-refractivity contribution < 1.29 is 33.7 Å². The van der Waals surface area contributed by atoms with Gasteiger partial charge in [0.2, 0.25) is 5.60 Å². The second-order valence-electron chi connectivity index (χ2n) is 10.3. The summed E-state index contributed by atoms with van der Waals surface area (Å²) in [6.45, 7) is 6.79. The lowest BCUT2D eigenvalue weighted by Gasteiger charge is -2.62. The third-order valence-corrected chi connectivity index (χ3v) is 9.06. The van der Waals surface area contributed by atoms with Gasteiger partial charge in [-0.15, -0.1) is 0 Å². The number of carbonyl (C=O) groups is 3. The molecule has 3 saturated carbocycles. The number of hydrogen-bond acceptors (Lipinski definition) is 5. The summed E-state index contributed by atoms with van der Waals surface area (Å²) in [4.78, 5) is 36.8. The van der Waals surface area contributed by atoms with Gasteiger partial charge < -0.3 is 14.9 Å². The molecule has 170 valence electrons. The van der Waals surface area contributed by atoms with Crippen molar-refractivity contribution in [2.75, 3.05) is 0 Å². The number of aliphatic carboxylic acids is 1. The van der Waals surface area contributed by atoms with E-state index in [9.17, 15) is 24.6 Å². The van der Waals surface area contributed by atoms with Gasteiger partial charge in [0, 0.05) is 29.1 Å². The Balaban J connectivity index is 1.84. The number of fused-ring (bicyclic) bond motifs is 5. The van der Waals surface area contributed by atoms with Crippen LogP contribution in [0, 0.1) is 28.6 Å². The Morgan fingerprint density at radius 3 is 2.58 bits per heavy atom. The SMILES string of the molecule is CCC(=O)O[C@]1(C(=O)O)[C@@H](C)CC2C3CCC4=CC(=O)C=CC4(C)C3(F)[C@@H](O)CC21C. The molecule has 0 radical (unpaired) electrons. The number of allylic oxidation sites excluding steroid dienone is 4. The van der Waals surface area contributed by atoms with Gasteiger partial charge in [0.1, 0.15) is 0 Å². The van der Waals surface area contributed by atoms with E-state index in [4.69, 9.17) is 4.74 Å². The summed E-state index contributed by atoms with van der Waals surface area (Å²) in [5, 5.41) is 21.6. The minimum absolute atomic E-state index is 0.0343. The highest BCUT2D eigenvalue weighted by atomic mass is 19.1. The van der Waals surface area contributed by atoms with Crippen molar-refractivity contribution in [2.45, 2.75) is 77.2 Å². The van der Waals surface area contributed by atoms with Crippen LogP contribution in [0.2, 0.25) is 0 Å². The second-order valence-corrected chi connectivity index (χ2v) is 10.3. The van der Waals surface area contributed by atoms with Crippen LogP contribution in [0.4, 0.5) is 4.39 Å². The molecule has 0 saturated heterocycles. The van der Waals surface area contributed by atoms with Crippen molar-refractivity contribution in [3.05, 3.63) is 23.8 Å². The van der Waals surface area contributed by atoms with Crippen LogP contribution in [-0.4, -0.2) is 45.3 Å². The molecule has 4 aliphatic carbocycles. The maximum Gasteiger partial charge on any atom is 0.349 e. The van der Waals surface area contributed by atoms with E-state index in [2.05, 4.69) is 0 Å². The number of esters is 1. The fraction of sp³-hybridized carbons (Fsp3) is 0.708. The maximum absolute atomic E-state index is 17.1. The number of hydrogen-bond donors (Lipinski definition) is 2. The van der Waals surface area contributed by atoms with Crippen molar-refractivity contribution >= 4 is 17.7 Å². The van der Waals surface area contributed by atoms with Crippen LogP contribution in [0.15, 0.2) is 23.8 Å². The third kappa shape index (κ3) is 2.50. The van der Waals surface area contributed by atoms with E-state index in [1.165, 1.54) is 12.2 Å². The molecule has 3 fully saturated rings. The first-order valence-electron chi connectivity index (χ1n) is 11.1. The summed E-state index contributed by atoms with van der Waals surface area (Å²) < 4.78 is 22.7. The van der Waals surface area contributed by atoms with E-state index in [1.807, 2.05) is 0 Å². The average Bonchev–Trinajstić information content (AvgIpc) is 2.91. The van der Waals surface area contributed by atoms with Gasteiger partial charge in [-0.05, 0) is 50.7 Å². The van der Waals surface area contributed by atoms with Gasteiger partial charge in [-0.25, -0.2) is 9.18 Å². The van der Waals surface area contributed by atoms with Gasteiger partial charge in [-0.2, -0.15) is 0 Å². The first kappa shape index (κ1) is 22.2. The van der Waals surface area contributed by atoms with E-state index in [1.54, 1.807) is 33.8 Å². The molecule has 6 nitrogen and oxygen atoms in total.